The number of aromatic nitrogens is 6. The third-order valence-corrected chi connectivity index (χ3v) is 5.68. The summed E-state index contributed by atoms with van der Waals surface area (Å²) in [6.07, 6.45) is -1.47. The van der Waals surface area contributed by atoms with Crippen molar-refractivity contribution in [2.75, 3.05) is 18.9 Å². The molecule has 0 unspecified atom stereocenters. The number of nitrogens with one attached hydrogen (secondary N) is 1. The molecule has 1 aliphatic rings. The Hall–Kier alpha value is -4.29. The van der Waals surface area contributed by atoms with Crippen LogP contribution in [0.15, 0.2) is 47.2 Å². The Labute approximate surface area is 196 Å². The van der Waals surface area contributed by atoms with Crippen molar-refractivity contribution in [3.63, 3.8) is 0 Å². The highest BCUT2D eigenvalue weighted by Crippen LogP contribution is 2.35. The molecule has 1 amide bonds. The van der Waals surface area contributed by atoms with Gasteiger partial charge in [0.05, 0.1) is 29.0 Å². The predicted molar refractivity (Wildman–Crippen MR) is 117 cm³/mol. The van der Waals surface area contributed by atoms with Crippen LogP contribution in [0.2, 0.25) is 0 Å². The number of aryl methyl sites for hydroxylation is 1. The normalized spacial score (nSPS) is 16.2. The van der Waals surface area contributed by atoms with Gasteiger partial charge in [-0.2, -0.15) is 18.3 Å². The van der Waals surface area contributed by atoms with Crippen LogP contribution in [-0.2, 0) is 18.0 Å². The summed E-state index contributed by atoms with van der Waals surface area (Å²) in [5.41, 5.74) is 0.592. The molecule has 1 N–H and O–H groups in total. The number of pyridine rings is 1. The molecule has 5 heterocycles. The zero-order valence-corrected chi connectivity index (χ0v) is 18.6. The maximum Gasteiger partial charge on any atom is 0.435 e. The molecule has 10 nitrogen and oxygen atoms in total. The highest BCUT2D eigenvalue weighted by atomic mass is 19.4. The van der Waals surface area contributed by atoms with Crippen molar-refractivity contribution in [3.05, 3.63) is 54.2 Å². The first-order chi connectivity index (χ1) is 16.7. The lowest BCUT2D eigenvalue weighted by atomic mass is 10.0. The third-order valence-electron chi connectivity index (χ3n) is 5.68. The summed E-state index contributed by atoms with van der Waals surface area (Å²) in [5, 5.41) is 10.3. The third kappa shape index (κ3) is 4.32. The van der Waals surface area contributed by atoms with E-state index >= 15 is 0 Å². The largest absolute Gasteiger partial charge is 0.435 e. The minimum absolute atomic E-state index is 0.0160. The molecule has 1 fully saturated rings. The van der Waals surface area contributed by atoms with E-state index in [2.05, 4.69) is 30.5 Å². The Morgan fingerprint density at radius 3 is 2.54 bits per heavy atom. The number of likely N-dealkylation sites (N-methyl/N-ethyl adjacent to an activating group) is 1. The van der Waals surface area contributed by atoms with E-state index < -0.39 is 11.9 Å². The Kier molecular flexibility index (Phi) is 5.46. The molecule has 5 rings (SSSR count). The molecule has 0 bridgehead atoms. The van der Waals surface area contributed by atoms with Gasteiger partial charge in [0.1, 0.15) is 17.4 Å². The lowest BCUT2D eigenvalue weighted by molar-refractivity contribution is -0.143. The topological polar surface area (TPSA) is 115 Å². The fourth-order valence-corrected chi connectivity index (χ4v) is 3.93. The number of anilines is 2. The van der Waals surface area contributed by atoms with Crippen LogP contribution in [0.25, 0.3) is 22.8 Å². The maximum absolute atomic E-state index is 13.3. The zero-order valence-electron chi connectivity index (χ0n) is 18.6. The Morgan fingerprint density at radius 1 is 1.09 bits per heavy atom. The summed E-state index contributed by atoms with van der Waals surface area (Å²) >= 11 is 0. The fourth-order valence-electron chi connectivity index (χ4n) is 3.93. The molecule has 1 saturated heterocycles. The van der Waals surface area contributed by atoms with E-state index in [0.29, 0.717) is 41.5 Å². The van der Waals surface area contributed by atoms with Gasteiger partial charge in [0.25, 0.3) is 0 Å². The molecule has 0 radical (unpaired) electrons. The molecule has 4 aromatic heterocycles. The molecule has 0 aromatic carbocycles. The Balaban J connectivity index is 1.40. The smallest absolute Gasteiger partial charge is 0.360 e. The SMILES string of the molecule is CN1CC[C@@H](c2cc(-c3cccc(-c4ccnc(Nc5cnn(C)c5C(F)(F)F)n4)n3)no2)C1=O. The van der Waals surface area contributed by atoms with Gasteiger partial charge in [-0.3, -0.25) is 9.48 Å². The molecule has 180 valence electrons. The van der Waals surface area contributed by atoms with Crippen LogP contribution >= 0.6 is 0 Å². The number of alkyl halides is 3. The van der Waals surface area contributed by atoms with Crippen molar-refractivity contribution in [2.24, 2.45) is 7.05 Å². The number of rotatable bonds is 5. The summed E-state index contributed by atoms with van der Waals surface area (Å²) in [7, 11) is 2.95. The van der Waals surface area contributed by atoms with E-state index in [1.165, 1.54) is 13.2 Å². The lowest BCUT2D eigenvalue weighted by Gasteiger charge is -2.11. The number of likely N-dealkylation sites (tertiary alicyclic amines) is 1. The van der Waals surface area contributed by atoms with Crippen LogP contribution in [-0.4, -0.2) is 54.3 Å². The van der Waals surface area contributed by atoms with Crippen LogP contribution in [0.1, 0.15) is 23.8 Å². The summed E-state index contributed by atoms with van der Waals surface area (Å²) in [6, 6.07) is 8.48. The van der Waals surface area contributed by atoms with E-state index in [-0.39, 0.29) is 23.5 Å². The molecular weight excluding hydrogens is 465 g/mol. The quantitative estimate of drug-likeness (QED) is 0.457. The number of hydrogen-bond donors (Lipinski definition) is 1. The average Bonchev–Trinajstić information content (AvgIpc) is 3.54. The molecule has 1 atom stereocenters. The maximum atomic E-state index is 13.3. The molecule has 4 aromatic rings. The number of hydrogen-bond acceptors (Lipinski definition) is 8. The van der Waals surface area contributed by atoms with Crippen LogP contribution in [0.3, 0.4) is 0 Å². The summed E-state index contributed by atoms with van der Waals surface area (Å²) in [5.74, 6) is 0.0551. The van der Waals surface area contributed by atoms with Crippen LogP contribution in [0.5, 0.6) is 0 Å². The Bertz CT molecular complexity index is 1400. The number of carbonyl (C=O) groups excluding carboxylic acids is 1. The van der Waals surface area contributed by atoms with Gasteiger partial charge >= 0.3 is 6.18 Å². The van der Waals surface area contributed by atoms with Crippen LogP contribution in [0, 0.1) is 0 Å². The van der Waals surface area contributed by atoms with E-state index in [0.717, 1.165) is 10.9 Å². The van der Waals surface area contributed by atoms with Crippen LogP contribution in [0.4, 0.5) is 24.8 Å². The molecule has 0 spiro atoms. The standard InChI is InChI=1S/C22H19F3N8O2/c1-32-9-7-12(20(32)34)18-10-16(31-35-18)14-5-3-4-13(28-14)15-6-8-26-21(29-15)30-17-11-27-33(2)19(17)22(23,24)25/h3-6,8,10-12H,7,9H2,1-2H3,(H,26,29,30)/t12-/m0/s1. The Morgan fingerprint density at radius 2 is 1.83 bits per heavy atom. The minimum atomic E-state index is -4.60. The van der Waals surface area contributed by atoms with Crippen molar-refractivity contribution >= 4 is 17.5 Å². The van der Waals surface area contributed by atoms with E-state index in [1.807, 2.05) is 0 Å². The van der Waals surface area contributed by atoms with Crippen molar-refractivity contribution in [1.82, 2.24) is 34.8 Å². The molecule has 1 aliphatic heterocycles. The first-order valence-corrected chi connectivity index (χ1v) is 10.6. The van der Waals surface area contributed by atoms with Gasteiger partial charge in [-0.25, -0.2) is 15.0 Å². The van der Waals surface area contributed by atoms with Gasteiger partial charge in [0, 0.05) is 32.9 Å². The van der Waals surface area contributed by atoms with E-state index in [4.69, 9.17) is 4.52 Å². The summed E-state index contributed by atoms with van der Waals surface area (Å²) < 4.78 is 46.2. The minimum Gasteiger partial charge on any atom is -0.360 e. The summed E-state index contributed by atoms with van der Waals surface area (Å²) in [6.45, 7) is 0.654. The second kappa shape index (κ2) is 8.49. The van der Waals surface area contributed by atoms with Crippen molar-refractivity contribution in [1.29, 1.82) is 0 Å². The highest BCUT2D eigenvalue weighted by molar-refractivity contribution is 5.85. The first-order valence-electron chi connectivity index (χ1n) is 10.6. The second-order valence-corrected chi connectivity index (χ2v) is 8.04. The average molecular weight is 484 g/mol. The van der Waals surface area contributed by atoms with Gasteiger partial charge in [-0.15, -0.1) is 0 Å². The van der Waals surface area contributed by atoms with E-state index in [9.17, 15) is 18.0 Å². The molecule has 13 heteroatoms. The number of carbonyl (C=O) groups is 1. The fraction of sp³-hybridized carbons (Fsp3) is 0.273. The molecular formula is C22H19F3N8O2. The van der Waals surface area contributed by atoms with Gasteiger partial charge in [0.2, 0.25) is 11.9 Å². The van der Waals surface area contributed by atoms with Gasteiger partial charge in [0.15, 0.2) is 5.69 Å². The summed E-state index contributed by atoms with van der Waals surface area (Å²) in [4.78, 5) is 26.8. The second-order valence-electron chi connectivity index (χ2n) is 8.04. The van der Waals surface area contributed by atoms with Gasteiger partial charge < -0.3 is 14.7 Å². The molecule has 35 heavy (non-hydrogen) atoms. The molecule has 0 saturated carbocycles. The first kappa shape index (κ1) is 22.5. The zero-order chi connectivity index (χ0) is 24.7. The lowest BCUT2D eigenvalue weighted by Crippen LogP contribution is -2.21. The molecule has 0 aliphatic carbocycles. The highest BCUT2D eigenvalue weighted by Gasteiger charge is 2.38. The van der Waals surface area contributed by atoms with Crippen molar-refractivity contribution < 1.29 is 22.5 Å². The van der Waals surface area contributed by atoms with Gasteiger partial charge in [-0.05, 0) is 24.6 Å². The van der Waals surface area contributed by atoms with Crippen molar-refractivity contribution in [2.45, 2.75) is 18.5 Å². The number of nitrogens with zero attached hydrogens (tertiary/aromatic N) is 7. The van der Waals surface area contributed by atoms with Crippen molar-refractivity contribution in [3.8, 4) is 22.8 Å². The van der Waals surface area contributed by atoms with Crippen LogP contribution < -0.4 is 5.32 Å². The monoisotopic (exact) mass is 484 g/mol. The number of halogens is 3. The van der Waals surface area contributed by atoms with E-state index in [1.54, 1.807) is 42.3 Å². The predicted octanol–water partition coefficient (Wildman–Crippen LogP) is 3.64. The van der Waals surface area contributed by atoms with Gasteiger partial charge in [-0.1, -0.05) is 11.2 Å². The number of amides is 1.